The zero-order valence-electron chi connectivity index (χ0n) is 11.2. The van der Waals surface area contributed by atoms with Gasteiger partial charge < -0.3 is 9.63 Å². The normalized spacial score (nSPS) is 12.3. The fraction of sp³-hybridized carbons (Fsp3) is 0.462. The fourth-order valence-corrected chi connectivity index (χ4v) is 3.08. The number of hydrogen-bond donors (Lipinski definition) is 1. The summed E-state index contributed by atoms with van der Waals surface area (Å²) in [5.41, 5.74) is 0.267. The maximum absolute atomic E-state index is 9.81. The Bertz CT molecular complexity index is 545. The number of aliphatic hydroxyl groups is 1. The predicted octanol–water partition coefficient (Wildman–Crippen LogP) is 3.26. The Morgan fingerprint density at radius 1 is 1.47 bits per heavy atom. The molecule has 0 aliphatic rings. The van der Waals surface area contributed by atoms with Crippen LogP contribution < -0.4 is 0 Å². The SMILES string of the molecule is CN(Cc1cnoc1-c1ccc(Cl)s1)CC(C)(C)O. The maximum atomic E-state index is 9.81. The van der Waals surface area contributed by atoms with Crippen LogP contribution in [-0.4, -0.2) is 34.4 Å². The van der Waals surface area contributed by atoms with Gasteiger partial charge in [0.25, 0.3) is 0 Å². The van der Waals surface area contributed by atoms with Gasteiger partial charge in [-0.05, 0) is 33.0 Å². The minimum Gasteiger partial charge on any atom is -0.389 e. The van der Waals surface area contributed by atoms with Gasteiger partial charge in [0.2, 0.25) is 0 Å². The minimum atomic E-state index is -0.724. The van der Waals surface area contributed by atoms with Crippen LogP contribution in [0.15, 0.2) is 22.9 Å². The van der Waals surface area contributed by atoms with Gasteiger partial charge in [0, 0.05) is 18.7 Å². The lowest BCUT2D eigenvalue weighted by Gasteiger charge is -2.25. The Morgan fingerprint density at radius 3 is 2.79 bits per heavy atom. The van der Waals surface area contributed by atoms with Gasteiger partial charge >= 0.3 is 0 Å². The van der Waals surface area contributed by atoms with Crippen molar-refractivity contribution >= 4 is 22.9 Å². The number of hydrogen-bond acceptors (Lipinski definition) is 5. The molecule has 0 bridgehead atoms. The van der Waals surface area contributed by atoms with Gasteiger partial charge in [0.1, 0.15) is 0 Å². The van der Waals surface area contributed by atoms with Crippen molar-refractivity contribution in [1.29, 1.82) is 0 Å². The molecule has 4 nitrogen and oxygen atoms in total. The summed E-state index contributed by atoms with van der Waals surface area (Å²) >= 11 is 7.40. The number of aromatic nitrogens is 1. The van der Waals surface area contributed by atoms with Crippen LogP contribution in [0.2, 0.25) is 4.34 Å². The van der Waals surface area contributed by atoms with Crippen molar-refractivity contribution in [3.8, 4) is 10.6 Å². The molecule has 104 valence electrons. The molecule has 6 heteroatoms. The van der Waals surface area contributed by atoms with Gasteiger partial charge in [-0.1, -0.05) is 16.8 Å². The molecule has 2 rings (SSSR count). The van der Waals surface area contributed by atoms with Crippen molar-refractivity contribution < 1.29 is 9.63 Å². The highest BCUT2D eigenvalue weighted by molar-refractivity contribution is 7.19. The molecule has 0 saturated carbocycles. The van der Waals surface area contributed by atoms with Crippen LogP contribution in [0.1, 0.15) is 19.4 Å². The van der Waals surface area contributed by atoms with E-state index in [9.17, 15) is 5.11 Å². The summed E-state index contributed by atoms with van der Waals surface area (Å²) < 4.78 is 6.03. The summed E-state index contributed by atoms with van der Waals surface area (Å²) in [6.07, 6.45) is 1.71. The Labute approximate surface area is 121 Å². The Hall–Kier alpha value is -0.880. The van der Waals surface area contributed by atoms with Crippen molar-refractivity contribution in [2.45, 2.75) is 26.0 Å². The highest BCUT2D eigenvalue weighted by Gasteiger charge is 2.19. The second kappa shape index (κ2) is 5.63. The van der Waals surface area contributed by atoms with Crippen LogP contribution in [0, 0.1) is 0 Å². The van der Waals surface area contributed by atoms with E-state index < -0.39 is 5.60 Å². The Kier molecular flexibility index (Phi) is 4.30. The minimum absolute atomic E-state index is 0.572. The van der Waals surface area contributed by atoms with E-state index in [1.807, 2.05) is 24.1 Å². The third-order valence-electron chi connectivity index (χ3n) is 2.54. The predicted molar refractivity (Wildman–Crippen MR) is 77.5 cm³/mol. The molecule has 0 aliphatic heterocycles. The molecule has 2 heterocycles. The smallest absolute Gasteiger partial charge is 0.181 e. The molecule has 0 radical (unpaired) electrons. The molecule has 0 unspecified atom stereocenters. The highest BCUT2D eigenvalue weighted by atomic mass is 35.5. The first-order chi connectivity index (χ1) is 8.85. The lowest BCUT2D eigenvalue weighted by atomic mass is 10.1. The van der Waals surface area contributed by atoms with Crippen molar-refractivity contribution in [3.63, 3.8) is 0 Å². The third-order valence-corrected chi connectivity index (χ3v) is 3.77. The monoisotopic (exact) mass is 300 g/mol. The Morgan fingerprint density at radius 2 is 2.21 bits per heavy atom. The van der Waals surface area contributed by atoms with Gasteiger partial charge in [0.05, 0.1) is 21.0 Å². The second-order valence-corrected chi connectivity index (χ2v) is 6.98. The number of rotatable bonds is 5. The van der Waals surface area contributed by atoms with E-state index in [1.54, 1.807) is 20.0 Å². The summed E-state index contributed by atoms with van der Waals surface area (Å²) in [5.74, 6) is 0.750. The molecule has 1 N–H and O–H groups in total. The van der Waals surface area contributed by atoms with Crippen molar-refractivity contribution in [1.82, 2.24) is 10.1 Å². The molecule has 2 aromatic heterocycles. The lowest BCUT2D eigenvalue weighted by molar-refractivity contribution is 0.0425. The van der Waals surface area contributed by atoms with Crippen molar-refractivity contribution in [2.24, 2.45) is 0 Å². The summed E-state index contributed by atoms with van der Waals surface area (Å²) in [6, 6.07) is 3.77. The number of thiophene rings is 1. The summed E-state index contributed by atoms with van der Waals surface area (Å²) in [4.78, 5) is 3.00. The molecule has 0 aliphatic carbocycles. The summed E-state index contributed by atoms with van der Waals surface area (Å²) in [6.45, 7) is 4.81. The number of halogens is 1. The topological polar surface area (TPSA) is 49.5 Å². The average Bonchev–Trinajstić information content (AvgIpc) is 2.83. The second-order valence-electron chi connectivity index (χ2n) is 5.27. The van der Waals surface area contributed by atoms with Gasteiger partial charge in [-0.25, -0.2) is 0 Å². The highest BCUT2D eigenvalue weighted by Crippen LogP contribution is 2.33. The van der Waals surface area contributed by atoms with Crippen LogP contribution in [-0.2, 0) is 6.54 Å². The van der Waals surface area contributed by atoms with Gasteiger partial charge in [-0.15, -0.1) is 11.3 Å². The van der Waals surface area contributed by atoms with Crippen LogP contribution in [0.3, 0.4) is 0 Å². The largest absolute Gasteiger partial charge is 0.389 e. The summed E-state index contributed by atoms with van der Waals surface area (Å²) in [7, 11) is 1.95. The molecule has 2 aromatic rings. The summed E-state index contributed by atoms with van der Waals surface area (Å²) in [5, 5.41) is 13.7. The number of nitrogens with zero attached hydrogens (tertiary/aromatic N) is 2. The molecule has 0 saturated heterocycles. The fourth-order valence-electron chi connectivity index (χ4n) is 2.02. The lowest BCUT2D eigenvalue weighted by Crippen LogP contribution is -2.35. The number of likely N-dealkylation sites (N-methyl/N-ethyl adjacent to an activating group) is 1. The molecule has 19 heavy (non-hydrogen) atoms. The molecular weight excluding hydrogens is 284 g/mol. The van der Waals surface area contributed by atoms with E-state index in [1.165, 1.54) is 11.3 Å². The van der Waals surface area contributed by atoms with E-state index >= 15 is 0 Å². The van der Waals surface area contributed by atoms with Crippen LogP contribution in [0.4, 0.5) is 0 Å². The van der Waals surface area contributed by atoms with Gasteiger partial charge in [0.15, 0.2) is 5.76 Å². The quantitative estimate of drug-likeness (QED) is 0.921. The zero-order chi connectivity index (χ0) is 14.0. The standard InChI is InChI=1S/C13H17ClN2O2S/c1-13(2,17)8-16(3)7-9-6-15-18-12(9)10-4-5-11(14)19-10/h4-6,17H,7-8H2,1-3H3. The van der Waals surface area contributed by atoms with Crippen molar-refractivity contribution in [3.05, 3.63) is 28.2 Å². The molecule has 0 fully saturated rings. The van der Waals surface area contributed by atoms with Gasteiger partial charge in [-0.3, -0.25) is 4.90 Å². The molecule has 0 atom stereocenters. The maximum Gasteiger partial charge on any atom is 0.181 e. The first-order valence-electron chi connectivity index (χ1n) is 5.95. The first kappa shape index (κ1) is 14.5. The van der Waals surface area contributed by atoms with Crippen LogP contribution in [0.25, 0.3) is 10.6 Å². The van der Waals surface area contributed by atoms with E-state index in [-0.39, 0.29) is 0 Å². The molecule has 0 amide bonds. The van der Waals surface area contributed by atoms with E-state index in [4.69, 9.17) is 16.1 Å². The average molecular weight is 301 g/mol. The van der Waals surface area contributed by atoms with E-state index in [0.29, 0.717) is 13.1 Å². The van der Waals surface area contributed by atoms with Gasteiger partial charge in [-0.2, -0.15) is 0 Å². The van der Waals surface area contributed by atoms with E-state index in [0.717, 1.165) is 20.5 Å². The molecular formula is C13H17ClN2O2S. The molecule has 0 aromatic carbocycles. The third kappa shape index (κ3) is 4.04. The zero-order valence-corrected chi connectivity index (χ0v) is 12.8. The molecule has 0 spiro atoms. The van der Waals surface area contributed by atoms with Crippen LogP contribution in [0.5, 0.6) is 0 Å². The van der Waals surface area contributed by atoms with Crippen molar-refractivity contribution in [2.75, 3.05) is 13.6 Å². The van der Waals surface area contributed by atoms with E-state index in [2.05, 4.69) is 5.16 Å². The van der Waals surface area contributed by atoms with Crippen LogP contribution >= 0.6 is 22.9 Å². The first-order valence-corrected chi connectivity index (χ1v) is 7.15. The Balaban J connectivity index is 2.12.